The molecule has 0 saturated carbocycles. The predicted octanol–water partition coefficient (Wildman–Crippen LogP) is 19.6. The third-order valence-electron chi connectivity index (χ3n) is 24.9. The van der Waals surface area contributed by atoms with E-state index in [1.807, 2.05) is 0 Å². The van der Waals surface area contributed by atoms with Gasteiger partial charge < -0.3 is 89.9 Å². The average Bonchev–Trinajstić information content (AvgIpc) is 0.780. The molecule has 3 rings (SSSR count). The van der Waals surface area contributed by atoms with Crippen LogP contribution in [0, 0.1) is 0 Å². The van der Waals surface area contributed by atoms with Crippen LogP contribution < -0.4 is 5.32 Å². The Morgan fingerprint density at radius 1 is 0.283 bits per heavy atom. The maximum atomic E-state index is 13.6. The van der Waals surface area contributed by atoms with Crippen LogP contribution in [0.5, 0.6) is 0 Å². The smallest absolute Gasteiger partial charge is 0.220 e. The minimum absolute atomic E-state index is 0.230. The third kappa shape index (κ3) is 52.7. The van der Waals surface area contributed by atoms with E-state index in [4.69, 9.17) is 28.4 Å². The summed E-state index contributed by atoms with van der Waals surface area (Å²) in [6.07, 6.45) is 65.3. The lowest BCUT2D eigenvalue weighted by atomic mass is 9.96. The highest BCUT2D eigenvalue weighted by molar-refractivity contribution is 5.76. The van der Waals surface area contributed by atoms with Gasteiger partial charge in [-0.25, -0.2) is 0 Å². The number of aliphatic hydroxyl groups is 11. The average molecular weight is 1620 g/mol. The number of hydrogen-bond donors (Lipinski definition) is 12. The quantitative estimate of drug-likeness (QED) is 0.0252. The van der Waals surface area contributed by atoms with Gasteiger partial charge in [-0.2, -0.15) is 0 Å². The highest BCUT2D eigenvalue weighted by Gasteiger charge is 2.54. The fraction of sp³-hybridized carbons (Fsp3) is 0.989. The summed E-state index contributed by atoms with van der Waals surface area (Å²) in [4.78, 5) is 13.6. The summed E-state index contributed by atoms with van der Waals surface area (Å²) in [6.45, 7) is 1.90. The van der Waals surface area contributed by atoms with Crippen LogP contribution >= 0.6 is 0 Å². The van der Waals surface area contributed by atoms with Crippen molar-refractivity contribution >= 4 is 5.91 Å². The van der Waals surface area contributed by atoms with Gasteiger partial charge in [0.05, 0.1) is 38.6 Å². The zero-order valence-corrected chi connectivity index (χ0v) is 72.9. The lowest BCUT2D eigenvalue weighted by Gasteiger charge is -2.48. The summed E-state index contributed by atoms with van der Waals surface area (Å²) in [5, 5.41) is 122. The van der Waals surface area contributed by atoms with E-state index in [9.17, 15) is 61.0 Å². The zero-order valence-electron chi connectivity index (χ0n) is 72.9. The van der Waals surface area contributed by atoms with Crippen LogP contribution in [-0.2, 0) is 33.2 Å². The molecule has 0 bridgehead atoms. The molecule has 12 N–H and O–H groups in total. The van der Waals surface area contributed by atoms with Gasteiger partial charge in [-0.3, -0.25) is 4.79 Å². The third-order valence-corrected chi connectivity index (χ3v) is 24.9. The van der Waals surface area contributed by atoms with Crippen molar-refractivity contribution in [2.45, 2.75) is 568 Å². The van der Waals surface area contributed by atoms with E-state index in [-0.39, 0.29) is 18.9 Å². The molecule has 1 amide bonds. The molecule has 19 heteroatoms. The van der Waals surface area contributed by atoms with Gasteiger partial charge in [-0.15, -0.1) is 0 Å². The first-order chi connectivity index (χ1) is 55.3. The summed E-state index contributed by atoms with van der Waals surface area (Å²) < 4.78 is 34.6. The fourth-order valence-electron chi connectivity index (χ4n) is 17.2. The number of amides is 1. The minimum Gasteiger partial charge on any atom is -0.394 e. The highest BCUT2D eigenvalue weighted by Crippen LogP contribution is 2.34. The lowest BCUT2D eigenvalue weighted by molar-refractivity contribution is -0.379. The van der Waals surface area contributed by atoms with E-state index in [1.165, 1.54) is 385 Å². The van der Waals surface area contributed by atoms with E-state index in [0.29, 0.717) is 12.8 Å². The van der Waals surface area contributed by atoms with Crippen LogP contribution in [0.3, 0.4) is 0 Å². The van der Waals surface area contributed by atoms with Crippen LogP contribution in [0.1, 0.15) is 463 Å². The molecule has 3 aliphatic rings. The second kappa shape index (κ2) is 74.6. The number of carbonyl (C=O) groups excluding carboxylic acids is 1. The Balaban J connectivity index is 1.28. The maximum absolute atomic E-state index is 13.6. The van der Waals surface area contributed by atoms with Gasteiger partial charge in [0, 0.05) is 6.42 Å². The molecule has 3 aliphatic heterocycles. The molecule has 19 nitrogen and oxygen atoms in total. The van der Waals surface area contributed by atoms with E-state index in [1.54, 1.807) is 0 Å². The molecule has 3 saturated heterocycles. The topological polar surface area (TPSA) is 307 Å². The van der Waals surface area contributed by atoms with Gasteiger partial charge >= 0.3 is 0 Å². The number of aliphatic hydroxyl groups excluding tert-OH is 11. The molecule has 0 radical (unpaired) electrons. The molecule has 3 heterocycles. The molecule has 0 aliphatic carbocycles. The van der Waals surface area contributed by atoms with Crippen molar-refractivity contribution in [3.05, 3.63) is 0 Å². The molecule has 0 aromatic heterocycles. The SMILES string of the molecule is CCCCCCCCCCCCCCCCCCCCCCCCCCCCCCCCCCCCCCCCC(=O)NC(COC1OC(CO)C(OC2OC(CO)C(OC3OC(CO)C(O)C(O)C3O)C(O)C2O)C(O)C1O)C(O)CCCCCCCCCCCCCCCCCCCCCCCCCCCCCCCC. The summed E-state index contributed by atoms with van der Waals surface area (Å²) >= 11 is 0. The molecule has 17 unspecified atom stereocenters. The molecule has 0 aromatic rings. The first-order valence-electron chi connectivity index (χ1n) is 48.8. The molecule has 672 valence electrons. The zero-order chi connectivity index (χ0) is 81.7. The summed E-state index contributed by atoms with van der Waals surface area (Å²) in [7, 11) is 0. The monoisotopic (exact) mass is 1610 g/mol. The second-order valence-corrected chi connectivity index (χ2v) is 35.3. The summed E-state index contributed by atoms with van der Waals surface area (Å²) in [5.41, 5.74) is 0. The van der Waals surface area contributed by atoms with Gasteiger partial charge in [-0.05, 0) is 12.8 Å². The number of nitrogens with one attached hydrogen (secondary N) is 1. The van der Waals surface area contributed by atoms with E-state index < -0.39 is 124 Å². The Labute approximate surface area is 691 Å². The Bertz CT molecular complexity index is 2030. The van der Waals surface area contributed by atoms with E-state index in [0.717, 1.165) is 44.9 Å². The fourth-order valence-corrected chi connectivity index (χ4v) is 17.2. The van der Waals surface area contributed by atoms with Gasteiger partial charge in [-0.1, -0.05) is 444 Å². The van der Waals surface area contributed by atoms with Gasteiger partial charge in [0.2, 0.25) is 5.91 Å². The second-order valence-electron chi connectivity index (χ2n) is 35.3. The predicted molar refractivity (Wildman–Crippen MR) is 457 cm³/mol. The minimum atomic E-state index is -1.97. The summed E-state index contributed by atoms with van der Waals surface area (Å²) in [5.74, 6) is -0.230. The molecule has 0 aromatic carbocycles. The lowest BCUT2D eigenvalue weighted by Crippen LogP contribution is -2.66. The normalized spacial score (nSPS) is 24.7. The van der Waals surface area contributed by atoms with Crippen LogP contribution in [0.2, 0.25) is 0 Å². The van der Waals surface area contributed by atoms with Crippen LogP contribution in [0.4, 0.5) is 0 Å². The van der Waals surface area contributed by atoms with Crippen molar-refractivity contribution in [2.24, 2.45) is 0 Å². The van der Waals surface area contributed by atoms with Crippen molar-refractivity contribution in [1.29, 1.82) is 0 Å². The van der Waals surface area contributed by atoms with E-state index >= 15 is 0 Å². The van der Waals surface area contributed by atoms with Gasteiger partial charge in [0.1, 0.15) is 73.2 Å². The van der Waals surface area contributed by atoms with Gasteiger partial charge in [0.15, 0.2) is 18.9 Å². The first kappa shape index (κ1) is 106. The van der Waals surface area contributed by atoms with Crippen LogP contribution in [0.15, 0.2) is 0 Å². The Morgan fingerprint density at radius 3 is 0.770 bits per heavy atom. The highest BCUT2D eigenvalue weighted by atomic mass is 16.8. The van der Waals surface area contributed by atoms with Crippen molar-refractivity contribution in [1.82, 2.24) is 5.32 Å². The number of ether oxygens (including phenoxy) is 6. The van der Waals surface area contributed by atoms with Crippen molar-refractivity contribution in [2.75, 3.05) is 26.4 Å². The number of unbranched alkanes of at least 4 members (excludes halogenated alkanes) is 66. The molecule has 17 atom stereocenters. The number of rotatable bonds is 82. The number of hydrogen-bond acceptors (Lipinski definition) is 18. The Morgan fingerprint density at radius 2 is 0.504 bits per heavy atom. The van der Waals surface area contributed by atoms with Crippen molar-refractivity contribution < 1.29 is 89.4 Å². The largest absolute Gasteiger partial charge is 0.394 e. The molecular weight excluding hydrogens is 1430 g/mol. The van der Waals surface area contributed by atoms with Crippen LogP contribution in [-0.4, -0.2) is 193 Å². The van der Waals surface area contributed by atoms with Crippen LogP contribution in [0.25, 0.3) is 0 Å². The first-order valence-corrected chi connectivity index (χ1v) is 48.8. The standard InChI is InChI=1S/C94H183NO18/c1-3-5-7-9-11-13-15-17-19-21-23-25-27-29-31-33-35-36-37-38-39-40-41-42-44-46-48-50-52-54-56-58-60-62-64-66-68-70-72-82(100)95-77(78(99)71-69-67-65-63-61-59-57-55-53-51-49-47-45-43-34-32-30-28-26-24-22-20-18-16-14-12-10-8-6-4-2)76-108-92-88(106)85(103)90(80(74-97)110-92)113-94-89(107)86(104)91(81(75-98)111-94)112-93-87(105)84(102)83(101)79(73-96)109-93/h77-81,83-94,96-99,101-107H,3-76H2,1-2H3,(H,95,100). The summed E-state index contributed by atoms with van der Waals surface area (Å²) in [6, 6.07) is -0.885. The van der Waals surface area contributed by atoms with Crippen molar-refractivity contribution in [3.8, 4) is 0 Å². The molecular formula is C94H183NO18. The molecule has 3 fully saturated rings. The Hall–Kier alpha value is -1.21. The number of carbonyl (C=O) groups is 1. The van der Waals surface area contributed by atoms with Gasteiger partial charge in [0.25, 0.3) is 0 Å². The molecule has 0 spiro atoms. The maximum Gasteiger partial charge on any atom is 0.220 e. The Kier molecular flexibility index (Phi) is 70.0. The molecule has 113 heavy (non-hydrogen) atoms. The van der Waals surface area contributed by atoms with Crippen molar-refractivity contribution in [3.63, 3.8) is 0 Å². The van der Waals surface area contributed by atoms with E-state index in [2.05, 4.69) is 19.2 Å².